The van der Waals surface area contributed by atoms with E-state index >= 15 is 0 Å². The number of carbonyl (C=O) groups excluding carboxylic acids is 4. The van der Waals surface area contributed by atoms with Crippen molar-refractivity contribution >= 4 is 23.4 Å². The summed E-state index contributed by atoms with van der Waals surface area (Å²) in [5.41, 5.74) is 1.65. The molecule has 0 unspecified atom stereocenters. The first-order chi connectivity index (χ1) is 25.4. The maximum absolute atomic E-state index is 14.1. The molecule has 0 aromatic heterocycles. The Morgan fingerprint density at radius 2 is 1.46 bits per heavy atom. The summed E-state index contributed by atoms with van der Waals surface area (Å²) in [6, 6.07) is -1.08. The third kappa shape index (κ3) is 10.1. The molecule has 3 aliphatic heterocycles. The van der Waals surface area contributed by atoms with Crippen LogP contribution in [0.25, 0.3) is 0 Å². The second kappa shape index (κ2) is 19.1. The molecule has 54 heavy (non-hydrogen) atoms. The Kier molecular flexibility index (Phi) is 15.6. The van der Waals surface area contributed by atoms with Gasteiger partial charge in [0.1, 0.15) is 24.0 Å². The summed E-state index contributed by atoms with van der Waals surface area (Å²) in [5, 5.41) is 33.7. The lowest BCUT2D eigenvalue weighted by Crippen LogP contribution is -2.63. The molecule has 2 bridgehead atoms. The highest BCUT2D eigenvalue weighted by molar-refractivity contribution is 6.39. The molecule has 4 aliphatic rings. The van der Waals surface area contributed by atoms with Crippen LogP contribution in [0.1, 0.15) is 99.3 Å². The lowest BCUT2D eigenvalue weighted by atomic mass is 9.79. The number of nitrogens with zero attached hydrogens (tertiary/aromatic N) is 1. The number of cyclic esters (lactones) is 1. The highest BCUT2D eigenvalue weighted by Gasteiger charge is 2.57. The number of rotatable bonds is 4. The van der Waals surface area contributed by atoms with Crippen molar-refractivity contribution in [3.05, 3.63) is 23.3 Å². The number of allylic oxidation sites excluding steroid dienone is 2. The van der Waals surface area contributed by atoms with Gasteiger partial charge in [0.2, 0.25) is 5.79 Å². The fraction of sp³-hybridized carbons (Fsp3) is 0.805. The number of aliphatic hydroxyl groups excluding tert-OH is 2. The normalized spacial score (nSPS) is 43.4. The molecule has 4 rings (SSSR count). The first kappa shape index (κ1) is 44.2. The Balaban J connectivity index is 1.74. The smallest absolute Gasteiger partial charge is 0.329 e. The van der Waals surface area contributed by atoms with E-state index in [1.54, 1.807) is 6.92 Å². The SMILES string of the molecule is CO[C@H]1C[C@@H](C)C/C(C)=C/[C@@H](C)C(=O)C[C@H](O)[C@@H](C)/C=C(\C)[C@@H]([C@@H]2CC[C@@H](O)[C@H](OC)C2)OC(=O)[C@@H]2CCCN2C(=O)C(=O)[C@]2(O)O[C@H]1[C@@H](OC)C[C@H]2C. The van der Waals surface area contributed by atoms with Crippen molar-refractivity contribution in [3.8, 4) is 0 Å². The minimum atomic E-state index is -2.49. The van der Waals surface area contributed by atoms with Gasteiger partial charge in [-0.15, -0.1) is 0 Å². The van der Waals surface area contributed by atoms with E-state index in [4.69, 9.17) is 23.7 Å². The standard InChI is InChI=1S/C41H65NO12/c1-22-15-23(2)17-34(51-8)37-35(52-9)19-27(6)41(49,54-37)38(46)39(47)42-14-10-11-29(42)40(48)53-36(28-12-13-30(43)33(20-28)50-7)26(5)18-25(4)32(45)21-31(44)24(3)16-22/h16,18,23-25,27-30,32-37,43,45,49H,10-15,17,19-21H2,1-9H3/b22-16+,26-18+/t23-,24+,25-,27+,28+,29-,30+,32-,33+,34-,35-,36-,37+,41+/m0/s1. The third-order valence-electron chi connectivity index (χ3n) is 12.3. The van der Waals surface area contributed by atoms with Crippen LogP contribution in [0.3, 0.4) is 0 Å². The summed E-state index contributed by atoms with van der Waals surface area (Å²) in [6.07, 6.45) is 2.06. The van der Waals surface area contributed by atoms with E-state index < -0.39 is 90.0 Å². The minimum absolute atomic E-state index is 0.0376. The highest BCUT2D eigenvalue weighted by atomic mass is 16.7. The molecule has 1 aliphatic carbocycles. The molecule has 3 heterocycles. The van der Waals surface area contributed by atoms with E-state index in [1.807, 2.05) is 46.8 Å². The summed E-state index contributed by atoms with van der Waals surface area (Å²) in [6.45, 7) is 11.2. The Hall–Kier alpha value is -2.52. The number of methoxy groups -OCH3 is 3. The molecule has 306 valence electrons. The van der Waals surface area contributed by atoms with Gasteiger partial charge in [-0.3, -0.25) is 14.4 Å². The van der Waals surface area contributed by atoms with Gasteiger partial charge < -0.3 is 43.9 Å². The lowest BCUT2D eigenvalue weighted by Gasteiger charge is -2.46. The molecule has 0 aromatic carbocycles. The zero-order valence-electron chi connectivity index (χ0n) is 33.7. The van der Waals surface area contributed by atoms with Crippen LogP contribution in [-0.4, -0.2) is 126 Å². The topological polar surface area (TPSA) is 178 Å². The summed E-state index contributed by atoms with van der Waals surface area (Å²) in [5.74, 6) is -7.41. The molecular weight excluding hydrogens is 698 g/mol. The Labute approximate surface area is 320 Å². The van der Waals surface area contributed by atoms with Gasteiger partial charge in [-0.05, 0) is 76.7 Å². The van der Waals surface area contributed by atoms with Gasteiger partial charge in [-0.25, -0.2) is 4.79 Å². The first-order valence-corrected chi connectivity index (χ1v) is 19.7. The van der Waals surface area contributed by atoms with Crippen molar-refractivity contribution in [1.29, 1.82) is 0 Å². The van der Waals surface area contributed by atoms with Crippen LogP contribution in [0.4, 0.5) is 0 Å². The van der Waals surface area contributed by atoms with E-state index in [1.165, 1.54) is 26.2 Å². The van der Waals surface area contributed by atoms with Crippen LogP contribution < -0.4 is 0 Å². The van der Waals surface area contributed by atoms with Crippen LogP contribution in [0.5, 0.6) is 0 Å². The van der Waals surface area contributed by atoms with Crippen molar-refractivity contribution in [2.24, 2.45) is 29.6 Å². The summed E-state index contributed by atoms with van der Waals surface area (Å²) >= 11 is 0. The number of amides is 1. The molecule has 14 atom stereocenters. The van der Waals surface area contributed by atoms with Gasteiger partial charge in [0.05, 0.1) is 30.5 Å². The Morgan fingerprint density at radius 1 is 0.815 bits per heavy atom. The second-order valence-corrected chi connectivity index (χ2v) is 16.6. The van der Waals surface area contributed by atoms with Gasteiger partial charge in [0, 0.05) is 58.0 Å². The van der Waals surface area contributed by atoms with E-state index in [0.29, 0.717) is 44.1 Å². The number of esters is 1. The number of Topliss-reactive ketones (excluding diaryl/α,β-unsaturated/α-hetero) is 2. The van der Waals surface area contributed by atoms with Crippen LogP contribution in [0, 0.1) is 29.6 Å². The molecule has 0 spiro atoms. The number of hydrogen-bond acceptors (Lipinski definition) is 12. The summed E-state index contributed by atoms with van der Waals surface area (Å²) in [7, 11) is 4.57. The van der Waals surface area contributed by atoms with Gasteiger partial charge in [-0.1, -0.05) is 45.4 Å². The number of ether oxygens (including phenoxy) is 5. The van der Waals surface area contributed by atoms with Crippen molar-refractivity contribution in [2.75, 3.05) is 27.9 Å². The highest BCUT2D eigenvalue weighted by Crippen LogP contribution is 2.39. The molecule has 0 radical (unpaired) electrons. The van der Waals surface area contributed by atoms with Gasteiger partial charge in [-0.2, -0.15) is 0 Å². The van der Waals surface area contributed by atoms with Gasteiger partial charge in [0.15, 0.2) is 0 Å². The van der Waals surface area contributed by atoms with E-state index in [2.05, 4.69) is 0 Å². The lowest BCUT2D eigenvalue weighted by molar-refractivity contribution is -0.302. The van der Waals surface area contributed by atoms with E-state index in [-0.39, 0.29) is 43.4 Å². The molecule has 1 saturated carbocycles. The Bertz CT molecular complexity index is 1400. The molecule has 0 aromatic rings. The monoisotopic (exact) mass is 763 g/mol. The molecule has 3 N–H and O–H groups in total. The molecule has 1 amide bonds. The van der Waals surface area contributed by atoms with Crippen molar-refractivity contribution in [1.82, 2.24) is 4.90 Å². The first-order valence-electron chi connectivity index (χ1n) is 19.7. The number of carbonyl (C=O) groups is 4. The summed E-state index contributed by atoms with van der Waals surface area (Å²) < 4.78 is 29.7. The molecule has 3 fully saturated rings. The van der Waals surface area contributed by atoms with Crippen molar-refractivity contribution < 1.29 is 58.2 Å². The maximum Gasteiger partial charge on any atom is 0.329 e. The van der Waals surface area contributed by atoms with Crippen LogP contribution in [0.15, 0.2) is 23.3 Å². The van der Waals surface area contributed by atoms with Gasteiger partial charge in [0.25, 0.3) is 11.7 Å². The predicted molar refractivity (Wildman–Crippen MR) is 199 cm³/mol. The van der Waals surface area contributed by atoms with Gasteiger partial charge >= 0.3 is 5.97 Å². The number of hydrogen-bond donors (Lipinski definition) is 3. The largest absolute Gasteiger partial charge is 0.456 e. The second-order valence-electron chi connectivity index (χ2n) is 16.6. The number of aliphatic hydroxyl groups is 3. The minimum Gasteiger partial charge on any atom is -0.456 e. The van der Waals surface area contributed by atoms with E-state index in [9.17, 15) is 34.5 Å². The van der Waals surface area contributed by atoms with Crippen molar-refractivity contribution in [2.45, 2.75) is 154 Å². The van der Waals surface area contributed by atoms with Crippen LogP contribution >= 0.6 is 0 Å². The average molecular weight is 764 g/mol. The fourth-order valence-corrected chi connectivity index (χ4v) is 9.02. The zero-order chi connectivity index (χ0) is 40.1. The Morgan fingerprint density at radius 3 is 2.11 bits per heavy atom. The molecular formula is C41H65NO12. The summed E-state index contributed by atoms with van der Waals surface area (Å²) in [4.78, 5) is 56.7. The quantitative estimate of drug-likeness (QED) is 0.215. The number of fused-ring (bicyclic) bond motifs is 3. The molecule has 2 saturated heterocycles. The van der Waals surface area contributed by atoms with Crippen LogP contribution in [-0.2, 0) is 42.9 Å². The fourth-order valence-electron chi connectivity index (χ4n) is 9.02. The third-order valence-corrected chi connectivity index (χ3v) is 12.3. The molecule has 13 nitrogen and oxygen atoms in total. The van der Waals surface area contributed by atoms with E-state index in [0.717, 1.165) is 5.57 Å². The van der Waals surface area contributed by atoms with Crippen LogP contribution in [0.2, 0.25) is 0 Å². The molecule has 13 heteroatoms. The zero-order valence-corrected chi connectivity index (χ0v) is 33.7. The predicted octanol–water partition coefficient (Wildman–Crippen LogP) is 3.69. The average Bonchev–Trinajstić information content (AvgIpc) is 3.63. The van der Waals surface area contributed by atoms with Crippen molar-refractivity contribution in [3.63, 3.8) is 0 Å². The number of ketones is 2. The maximum atomic E-state index is 14.1.